The van der Waals surface area contributed by atoms with E-state index in [1.165, 1.54) is 0 Å². The molecule has 292 valence electrons. The molecule has 0 saturated heterocycles. The molecule has 6 rings (SSSR count). The van der Waals surface area contributed by atoms with E-state index >= 15 is 0 Å². The molecule has 3 aromatic carbocycles. The van der Waals surface area contributed by atoms with E-state index in [0.717, 1.165) is 22.5 Å². The van der Waals surface area contributed by atoms with Crippen LogP contribution in [-0.4, -0.2) is 84.6 Å². The first kappa shape index (κ1) is 39.6. The monoisotopic (exact) mass is 761 g/mol. The van der Waals surface area contributed by atoms with E-state index < -0.39 is 6.03 Å². The maximum Gasteiger partial charge on any atom is 0.324 e. The Hall–Kier alpha value is -6.09. The molecule has 0 radical (unpaired) electrons. The molecule has 0 unspecified atom stereocenters. The largest absolute Gasteiger partial charge is 0.497 e. The lowest BCUT2D eigenvalue weighted by molar-refractivity contribution is 0.0179. The maximum absolute atomic E-state index is 13.4. The van der Waals surface area contributed by atoms with Crippen LogP contribution in [0.5, 0.6) is 23.1 Å². The van der Waals surface area contributed by atoms with Crippen molar-refractivity contribution in [3.63, 3.8) is 0 Å². The van der Waals surface area contributed by atoms with Crippen LogP contribution in [-0.2, 0) is 20.6 Å². The minimum absolute atomic E-state index is 0.172. The normalized spacial score (nSPS) is 11.2. The zero-order chi connectivity index (χ0) is 39.3. The van der Waals surface area contributed by atoms with Crippen molar-refractivity contribution in [3.8, 4) is 28.8 Å². The number of hydrogen-bond donors (Lipinski definition) is 2. The van der Waals surface area contributed by atoms with Gasteiger partial charge in [0, 0.05) is 49.5 Å². The number of benzene rings is 3. The van der Waals surface area contributed by atoms with Gasteiger partial charge in [-0.2, -0.15) is 10.1 Å². The number of nitrogens with zero attached hydrogens (tertiary/aromatic N) is 5. The standard InChI is InChI=1S/C42H47N7O7/c1-28(2)36-27-39(49(48-36)31-10-8-29(3)9-11-31)47-42(50)45-35-12-13-37(34-7-6-15-44-41(34)35)56-40-14-16-43-38(46-40)25-30-23-32(52-5)26-33(24-30)55-22-21-54-20-19-53-18-17-51-4/h6-16,23-24,26-28H,17-22,25H2,1-5H3,(H2,45,47,50). The molecule has 14 nitrogen and oxygen atoms in total. The molecule has 56 heavy (non-hydrogen) atoms. The van der Waals surface area contributed by atoms with E-state index in [0.29, 0.717) is 97.4 Å². The summed E-state index contributed by atoms with van der Waals surface area (Å²) < 4.78 is 35.5. The average Bonchev–Trinajstić information content (AvgIpc) is 3.62. The minimum atomic E-state index is -0.436. The first-order valence-corrected chi connectivity index (χ1v) is 18.4. The van der Waals surface area contributed by atoms with Gasteiger partial charge in [0.15, 0.2) is 0 Å². The molecule has 2 N–H and O–H groups in total. The summed E-state index contributed by atoms with van der Waals surface area (Å²) in [6, 6.07) is 24.0. The lowest BCUT2D eigenvalue weighted by atomic mass is 10.1. The molecule has 0 fully saturated rings. The highest BCUT2D eigenvalue weighted by molar-refractivity contribution is 6.06. The fourth-order valence-electron chi connectivity index (χ4n) is 5.69. The van der Waals surface area contributed by atoms with Gasteiger partial charge >= 0.3 is 6.03 Å². The van der Waals surface area contributed by atoms with Gasteiger partial charge in [-0.1, -0.05) is 31.5 Å². The third-order valence-electron chi connectivity index (χ3n) is 8.55. The van der Waals surface area contributed by atoms with Gasteiger partial charge in [0.05, 0.1) is 62.7 Å². The van der Waals surface area contributed by atoms with Gasteiger partial charge in [-0.05, 0) is 66.9 Å². The summed E-state index contributed by atoms with van der Waals surface area (Å²) in [6.07, 6.45) is 3.72. The van der Waals surface area contributed by atoms with Gasteiger partial charge in [-0.15, -0.1) is 0 Å². The molecule has 0 aliphatic rings. The topological polar surface area (TPSA) is 153 Å². The average molecular weight is 762 g/mol. The van der Waals surface area contributed by atoms with Crippen LogP contribution in [0.4, 0.5) is 16.3 Å². The third-order valence-corrected chi connectivity index (χ3v) is 8.55. The highest BCUT2D eigenvalue weighted by Gasteiger charge is 2.17. The number of ether oxygens (including phenoxy) is 6. The number of methoxy groups -OCH3 is 2. The lowest BCUT2D eigenvalue weighted by Crippen LogP contribution is -2.21. The van der Waals surface area contributed by atoms with Crippen molar-refractivity contribution >= 4 is 28.4 Å². The number of carbonyl (C=O) groups is 1. The van der Waals surface area contributed by atoms with E-state index in [4.69, 9.17) is 33.5 Å². The van der Waals surface area contributed by atoms with Crippen molar-refractivity contribution in [2.45, 2.75) is 33.1 Å². The van der Waals surface area contributed by atoms with Gasteiger partial charge in [0.25, 0.3) is 0 Å². The highest BCUT2D eigenvalue weighted by atomic mass is 16.6. The van der Waals surface area contributed by atoms with Gasteiger partial charge < -0.3 is 33.7 Å². The summed E-state index contributed by atoms with van der Waals surface area (Å²) in [7, 11) is 3.25. The maximum atomic E-state index is 13.4. The SMILES string of the molecule is COCCOCCOCCOc1cc(Cc2nccc(Oc3ccc(NC(=O)Nc4cc(C(C)C)nn4-c4ccc(C)cc4)c4ncccc34)n2)cc(OC)c1. The number of amides is 2. The Morgan fingerprint density at radius 2 is 1.57 bits per heavy atom. The fourth-order valence-corrected chi connectivity index (χ4v) is 5.69. The number of urea groups is 1. The summed E-state index contributed by atoms with van der Waals surface area (Å²) in [4.78, 5) is 27.2. The van der Waals surface area contributed by atoms with Crippen LogP contribution in [0.15, 0.2) is 91.3 Å². The number of carbonyl (C=O) groups excluding carboxylic acids is 1. The smallest absolute Gasteiger partial charge is 0.324 e. The number of rotatable bonds is 19. The van der Waals surface area contributed by atoms with Gasteiger partial charge in [-0.3, -0.25) is 10.3 Å². The molecule has 6 aromatic rings. The number of nitrogens with one attached hydrogen (secondary N) is 2. The Bertz CT molecular complexity index is 2210. The van der Waals surface area contributed by atoms with Crippen LogP contribution in [0.3, 0.4) is 0 Å². The second-order valence-electron chi connectivity index (χ2n) is 13.1. The lowest BCUT2D eigenvalue weighted by Gasteiger charge is -2.14. The predicted octanol–water partition coefficient (Wildman–Crippen LogP) is 7.74. The van der Waals surface area contributed by atoms with Crippen molar-refractivity contribution in [2.75, 3.05) is 64.5 Å². The molecule has 0 atom stereocenters. The molecular weight excluding hydrogens is 715 g/mol. The van der Waals surface area contributed by atoms with Gasteiger partial charge in [0.2, 0.25) is 5.88 Å². The van der Waals surface area contributed by atoms with Crippen LogP contribution < -0.4 is 24.8 Å². The molecule has 0 aliphatic carbocycles. The highest BCUT2D eigenvalue weighted by Crippen LogP contribution is 2.33. The Labute approximate surface area is 326 Å². The molecule has 2 amide bonds. The Kier molecular flexibility index (Phi) is 13.8. The van der Waals surface area contributed by atoms with Crippen molar-refractivity contribution in [3.05, 3.63) is 114 Å². The molecule has 14 heteroatoms. The Morgan fingerprint density at radius 1 is 0.804 bits per heavy atom. The van der Waals surface area contributed by atoms with Gasteiger partial charge in [-0.25, -0.2) is 14.5 Å². The number of aryl methyl sites for hydroxylation is 1. The van der Waals surface area contributed by atoms with Crippen LogP contribution >= 0.6 is 0 Å². The number of pyridine rings is 1. The molecule has 0 spiro atoms. The van der Waals surface area contributed by atoms with E-state index in [1.807, 2.05) is 67.6 Å². The van der Waals surface area contributed by atoms with E-state index in [9.17, 15) is 4.79 Å². The van der Waals surface area contributed by atoms with Crippen LogP contribution in [0, 0.1) is 6.92 Å². The van der Waals surface area contributed by atoms with Gasteiger partial charge in [0.1, 0.15) is 35.5 Å². The fraction of sp³-hybridized carbons (Fsp3) is 0.310. The van der Waals surface area contributed by atoms with Crippen molar-refractivity contribution in [1.29, 1.82) is 0 Å². The second kappa shape index (κ2) is 19.5. The quantitative estimate of drug-likeness (QED) is 0.0780. The molecule has 0 bridgehead atoms. The van der Waals surface area contributed by atoms with Crippen molar-refractivity contribution < 1.29 is 33.2 Å². The Morgan fingerprint density at radius 3 is 2.34 bits per heavy atom. The number of fused-ring (bicyclic) bond motifs is 1. The molecule has 3 aromatic heterocycles. The Balaban J connectivity index is 1.11. The molecule has 0 aliphatic heterocycles. The summed E-state index contributed by atoms with van der Waals surface area (Å²) in [6.45, 7) is 8.98. The van der Waals surface area contributed by atoms with Crippen LogP contribution in [0.2, 0.25) is 0 Å². The summed E-state index contributed by atoms with van der Waals surface area (Å²) in [5.41, 5.74) is 4.79. The molecular formula is C42H47N7O7. The van der Waals surface area contributed by atoms with Crippen LogP contribution in [0.25, 0.3) is 16.6 Å². The van der Waals surface area contributed by atoms with Crippen LogP contribution in [0.1, 0.15) is 42.4 Å². The number of anilines is 2. The summed E-state index contributed by atoms with van der Waals surface area (Å²) >= 11 is 0. The zero-order valence-electron chi connectivity index (χ0n) is 32.3. The van der Waals surface area contributed by atoms with Crippen molar-refractivity contribution in [1.82, 2.24) is 24.7 Å². The predicted molar refractivity (Wildman–Crippen MR) is 214 cm³/mol. The second-order valence-corrected chi connectivity index (χ2v) is 13.1. The summed E-state index contributed by atoms with van der Waals surface area (Å²) in [5, 5.41) is 11.4. The third kappa shape index (κ3) is 10.8. The zero-order valence-corrected chi connectivity index (χ0v) is 32.3. The first-order chi connectivity index (χ1) is 27.3. The first-order valence-electron chi connectivity index (χ1n) is 18.4. The summed E-state index contributed by atoms with van der Waals surface area (Å²) in [5.74, 6) is 3.43. The minimum Gasteiger partial charge on any atom is -0.497 e. The number of aromatic nitrogens is 5. The molecule has 3 heterocycles. The number of hydrogen-bond acceptors (Lipinski definition) is 11. The molecule has 0 saturated carbocycles. The van der Waals surface area contributed by atoms with E-state index in [-0.39, 0.29) is 5.92 Å². The van der Waals surface area contributed by atoms with Crippen molar-refractivity contribution in [2.24, 2.45) is 0 Å². The van der Waals surface area contributed by atoms with E-state index in [1.54, 1.807) is 49.5 Å². The van der Waals surface area contributed by atoms with E-state index in [2.05, 4.69) is 39.4 Å².